The minimum absolute atomic E-state index is 0.0386. The molecule has 5 rings (SSSR count). The molecule has 2 aliphatic rings. The number of rotatable bonds is 4. The van der Waals surface area contributed by atoms with Gasteiger partial charge in [0.1, 0.15) is 16.9 Å². The largest absolute Gasteiger partial charge is 0.453 e. The van der Waals surface area contributed by atoms with Crippen molar-refractivity contribution in [3.8, 4) is 17.2 Å². The fraction of sp³-hybridized carbons (Fsp3) is 0.273. The van der Waals surface area contributed by atoms with Gasteiger partial charge in [0.05, 0.1) is 11.1 Å². The molecule has 2 aromatic carbocycles. The van der Waals surface area contributed by atoms with E-state index < -0.39 is 17.2 Å². The lowest BCUT2D eigenvalue weighted by Crippen LogP contribution is -2.36. The fourth-order valence-corrected chi connectivity index (χ4v) is 4.30. The molecule has 2 aliphatic heterocycles. The topological polar surface area (TPSA) is 63.6 Å². The van der Waals surface area contributed by atoms with Crippen molar-refractivity contribution < 1.29 is 13.9 Å². The number of hydrogen-bond acceptors (Lipinski definition) is 4. The number of ether oxygens (including phenoxy) is 1. The van der Waals surface area contributed by atoms with Crippen LogP contribution in [0.15, 0.2) is 41.3 Å². The van der Waals surface area contributed by atoms with Crippen LogP contribution in [0, 0.1) is 5.82 Å². The van der Waals surface area contributed by atoms with Crippen LogP contribution in [0.2, 0.25) is 5.02 Å². The summed E-state index contributed by atoms with van der Waals surface area (Å²) >= 11 is 6.07. The summed E-state index contributed by atoms with van der Waals surface area (Å²) in [6, 6.07) is 7.41. The molecule has 1 fully saturated rings. The third-order valence-corrected chi connectivity index (χ3v) is 5.82. The van der Waals surface area contributed by atoms with Gasteiger partial charge in [-0.25, -0.2) is 4.39 Å². The second kappa shape index (κ2) is 7.41. The van der Waals surface area contributed by atoms with Crippen molar-refractivity contribution in [3.63, 3.8) is 0 Å². The SMILES string of the molecule is O=C(NCCN1CCCC1)c1cn2c3c(cc(F)cc3c1=O)Oc1cc(Cl)ccc1-2. The molecule has 8 heteroatoms. The molecule has 1 N–H and O–H groups in total. The lowest BCUT2D eigenvalue weighted by Gasteiger charge is -2.24. The maximum Gasteiger partial charge on any atom is 0.256 e. The molecule has 0 atom stereocenters. The van der Waals surface area contributed by atoms with E-state index in [-0.39, 0.29) is 16.7 Å². The van der Waals surface area contributed by atoms with Crippen LogP contribution < -0.4 is 15.5 Å². The van der Waals surface area contributed by atoms with Gasteiger partial charge in [0.15, 0.2) is 11.5 Å². The van der Waals surface area contributed by atoms with Gasteiger partial charge in [-0.3, -0.25) is 9.59 Å². The summed E-state index contributed by atoms with van der Waals surface area (Å²) in [6.07, 6.45) is 3.83. The molecule has 154 valence electrons. The first-order valence-corrected chi connectivity index (χ1v) is 10.3. The van der Waals surface area contributed by atoms with Gasteiger partial charge < -0.3 is 19.5 Å². The number of hydrogen-bond donors (Lipinski definition) is 1. The Morgan fingerprint density at radius 2 is 1.97 bits per heavy atom. The number of carbonyl (C=O) groups excluding carboxylic acids is 1. The zero-order valence-corrected chi connectivity index (χ0v) is 16.8. The molecule has 3 heterocycles. The van der Waals surface area contributed by atoms with Crippen molar-refractivity contribution in [2.24, 2.45) is 0 Å². The Balaban J connectivity index is 1.57. The van der Waals surface area contributed by atoms with Gasteiger partial charge in [-0.1, -0.05) is 11.6 Å². The van der Waals surface area contributed by atoms with Crippen LogP contribution in [-0.4, -0.2) is 41.6 Å². The highest BCUT2D eigenvalue weighted by atomic mass is 35.5. The van der Waals surface area contributed by atoms with Gasteiger partial charge in [0.25, 0.3) is 5.91 Å². The summed E-state index contributed by atoms with van der Waals surface area (Å²) in [5.41, 5.74) is 0.476. The number of amides is 1. The Morgan fingerprint density at radius 3 is 2.77 bits per heavy atom. The smallest absolute Gasteiger partial charge is 0.256 e. The number of benzene rings is 2. The molecule has 0 saturated carbocycles. The summed E-state index contributed by atoms with van der Waals surface area (Å²) in [5, 5.41) is 3.38. The number of nitrogens with zero attached hydrogens (tertiary/aromatic N) is 2. The number of halogens is 2. The van der Waals surface area contributed by atoms with Crippen molar-refractivity contribution in [3.05, 3.63) is 63.2 Å². The fourth-order valence-electron chi connectivity index (χ4n) is 4.14. The molecule has 0 bridgehead atoms. The van der Waals surface area contributed by atoms with E-state index in [2.05, 4.69) is 10.2 Å². The molecule has 0 radical (unpaired) electrons. The summed E-state index contributed by atoms with van der Waals surface area (Å²) in [6.45, 7) is 3.24. The molecular formula is C22H19ClFN3O3. The van der Waals surface area contributed by atoms with E-state index in [4.69, 9.17) is 16.3 Å². The van der Waals surface area contributed by atoms with Crippen molar-refractivity contribution >= 4 is 28.4 Å². The van der Waals surface area contributed by atoms with Crippen molar-refractivity contribution in [2.75, 3.05) is 26.2 Å². The maximum absolute atomic E-state index is 14.2. The summed E-state index contributed by atoms with van der Waals surface area (Å²) in [4.78, 5) is 28.1. The Hall–Kier alpha value is -2.90. The second-order valence-corrected chi connectivity index (χ2v) is 8.00. The van der Waals surface area contributed by atoms with E-state index in [1.165, 1.54) is 25.1 Å². The quantitative estimate of drug-likeness (QED) is 0.539. The van der Waals surface area contributed by atoms with Crippen LogP contribution in [0.3, 0.4) is 0 Å². The molecule has 0 unspecified atom stereocenters. The molecule has 1 saturated heterocycles. The lowest BCUT2D eigenvalue weighted by molar-refractivity contribution is 0.0948. The molecule has 1 amide bonds. The van der Waals surface area contributed by atoms with Crippen LogP contribution in [0.4, 0.5) is 4.39 Å². The van der Waals surface area contributed by atoms with Gasteiger partial charge >= 0.3 is 0 Å². The monoisotopic (exact) mass is 427 g/mol. The van der Waals surface area contributed by atoms with Gasteiger partial charge in [0, 0.05) is 36.4 Å². The lowest BCUT2D eigenvalue weighted by atomic mass is 10.1. The molecule has 3 aromatic rings. The van der Waals surface area contributed by atoms with Gasteiger partial charge in [-0.2, -0.15) is 0 Å². The number of likely N-dealkylation sites (tertiary alicyclic amines) is 1. The maximum atomic E-state index is 14.2. The van der Waals surface area contributed by atoms with Crippen LogP contribution in [-0.2, 0) is 0 Å². The van der Waals surface area contributed by atoms with Crippen molar-refractivity contribution in [1.82, 2.24) is 14.8 Å². The molecule has 0 spiro atoms. The number of pyridine rings is 1. The second-order valence-electron chi connectivity index (χ2n) is 7.56. The molecule has 0 aliphatic carbocycles. The van der Waals surface area contributed by atoms with E-state index in [1.54, 1.807) is 22.8 Å². The van der Waals surface area contributed by atoms with E-state index in [1.807, 2.05) is 0 Å². The molecule has 6 nitrogen and oxygen atoms in total. The Kier molecular flexibility index (Phi) is 4.72. The standard InChI is InChI=1S/C22H19ClFN3O3/c23-13-3-4-17-18(9-13)30-19-11-14(24)10-15-20(19)27(17)12-16(21(15)28)22(29)25-5-8-26-6-1-2-7-26/h3-4,9-12H,1-2,5-8H2,(H,25,29). The third kappa shape index (κ3) is 3.24. The number of aromatic nitrogens is 1. The predicted molar refractivity (Wildman–Crippen MR) is 113 cm³/mol. The van der Waals surface area contributed by atoms with E-state index in [9.17, 15) is 14.0 Å². The summed E-state index contributed by atoms with van der Waals surface area (Å²) in [7, 11) is 0. The van der Waals surface area contributed by atoms with Crippen LogP contribution in [0.25, 0.3) is 16.6 Å². The van der Waals surface area contributed by atoms with Gasteiger partial charge in [-0.05, 0) is 44.1 Å². The predicted octanol–water partition coefficient (Wildman–Crippen LogP) is 3.71. The van der Waals surface area contributed by atoms with E-state index in [0.29, 0.717) is 28.5 Å². The number of fused-ring (bicyclic) bond motifs is 2. The minimum atomic E-state index is -0.613. The van der Waals surface area contributed by atoms with E-state index >= 15 is 0 Å². The minimum Gasteiger partial charge on any atom is -0.453 e. The summed E-state index contributed by atoms with van der Waals surface area (Å²) < 4.78 is 21.7. The normalized spacial score (nSPS) is 15.1. The Bertz CT molecular complexity index is 1230. The van der Waals surface area contributed by atoms with E-state index in [0.717, 1.165) is 25.7 Å². The molecule has 30 heavy (non-hydrogen) atoms. The van der Waals surface area contributed by atoms with Crippen molar-refractivity contribution in [2.45, 2.75) is 12.8 Å². The summed E-state index contributed by atoms with van der Waals surface area (Å²) in [5.74, 6) is -0.459. The first-order valence-electron chi connectivity index (χ1n) is 9.88. The first kappa shape index (κ1) is 19.1. The van der Waals surface area contributed by atoms with Crippen LogP contribution in [0.5, 0.6) is 11.5 Å². The van der Waals surface area contributed by atoms with Gasteiger partial charge in [0.2, 0.25) is 5.43 Å². The molecular weight excluding hydrogens is 409 g/mol. The number of carbonyl (C=O) groups is 1. The number of nitrogens with one attached hydrogen (secondary N) is 1. The van der Waals surface area contributed by atoms with Crippen LogP contribution >= 0.6 is 11.6 Å². The highest BCUT2D eigenvalue weighted by Gasteiger charge is 2.25. The van der Waals surface area contributed by atoms with Crippen LogP contribution in [0.1, 0.15) is 23.2 Å². The highest BCUT2D eigenvalue weighted by Crippen LogP contribution is 2.41. The Morgan fingerprint density at radius 1 is 1.17 bits per heavy atom. The zero-order valence-electron chi connectivity index (χ0n) is 16.1. The van der Waals surface area contributed by atoms with Crippen molar-refractivity contribution in [1.29, 1.82) is 0 Å². The third-order valence-electron chi connectivity index (χ3n) is 5.59. The Labute approximate surface area is 176 Å². The average molecular weight is 428 g/mol. The highest BCUT2D eigenvalue weighted by molar-refractivity contribution is 6.30. The first-order chi connectivity index (χ1) is 14.5. The zero-order chi connectivity index (χ0) is 20.8. The van der Waals surface area contributed by atoms with Gasteiger partial charge in [-0.15, -0.1) is 0 Å². The molecule has 1 aromatic heterocycles. The average Bonchev–Trinajstić information content (AvgIpc) is 3.22.